The minimum atomic E-state index is 0.338. The van der Waals surface area contributed by atoms with Gasteiger partial charge in [-0.15, -0.1) is 0 Å². The zero-order valence-corrected chi connectivity index (χ0v) is 15.9. The summed E-state index contributed by atoms with van der Waals surface area (Å²) in [5, 5.41) is 0. The van der Waals surface area contributed by atoms with Gasteiger partial charge in [-0.05, 0) is 38.2 Å². The summed E-state index contributed by atoms with van der Waals surface area (Å²) in [7, 11) is 0. The van der Waals surface area contributed by atoms with Crippen LogP contribution in [0.1, 0.15) is 32.3 Å². The van der Waals surface area contributed by atoms with Crippen molar-refractivity contribution in [1.82, 2.24) is 14.7 Å². The molecule has 4 heteroatoms. The number of carbonyl (C=O) groups is 1. The van der Waals surface area contributed by atoms with Gasteiger partial charge < -0.3 is 14.7 Å². The minimum absolute atomic E-state index is 0.338. The van der Waals surface area contributed by atoms with E-state index >= 15 is 0 Å². The summed E-state index contributed by atoms with van der Waals surface area (Å²) in [6, 6.07) is 11.1. The summed E-state index contributed by atoms with van der Waals surface area (Å²) in [5.74, 6) is 0.993. The molecular formula is C21H33N3O. The van der Waals surface area contributed by atoms with Crippen LogP contribution in [0.15, 0.2) is 30.3 Å². The third kappa shape index (κ3) is 5.29. The summed E-state index contributed by atoms with van der Waals surface area (Å²) >= 11 is 0. The second kappa shape index (κ2) is 8.81. The van der Waals surface area contributed by atoms with Crippen molar-refractivity contribution in [2.24, 2.45) is 5.92 Å². The molecule has 1 atom stereocenters. The van der Waals surface area contributed by atoms with E-state index in [1.807, 2.05) is 0 Å². The van der Waals surface area contributed by atoms with E-state index in [-0.39, 0.29) is 0 Å². The van der Waals surface area contributed by atoms with Gasteiger partial charge in [0.05, 0.1) is 0 Å². The van der Waals surface area contributed by atoms with Crippen LogP contribution < -0.4 is 0 Å². The SMILES string of the molecule is CC(C)N1CC(CN2CCN(CCc3ccccc3)CC2)CCC1=O. The topological polar surface area (TPSA) is 26.8 Å². The molecule has 0 aromatic heterocycles. The van der Waals surface area contributed by atoms with Crippen LogP contribution in [0.25, 0.3) is 0 Å². The van der Waals surface area contributed by atoms with Crippen LogP contribution in [0, 0.1) is 5.92 Å². The van der Waals surface area contributed by atoms with Crippen LogP contribution in [-0.4, -0.2) is 72.5 Å². The Balaban J connectivity index is 1.38. The van der Waals surface area contributed by atoms with E-state index in [2.05, 4.69) is 58.9 Å². The molecule has 0 aliphatic carbocycles. The van der Waals surface area contributed by atoms with E-state index in [1.54, 1.807) is 0 Å². The summed E-state index contributed by atoms with van der Waals surface area (Å²) < 4.78 is 0. The van der Waals surface area contributed by atoms with E-state index in [9.17, 15) is 4.79 Å². The predicted molar refractivity (Wildman–Crippen MR) is 103 cm³/mol. The summed E-state index contributed by atoms with van der Waals surface area (Å²) in [6.07, 6.45) is 2.95. The first kappa shape index (κ1) is 18.4. The van der Waals surface area contributed by atoms with Crippen LogP contribution in [0.5, 0.6) is 0 Å². The lowest BCUT2D eigenvalue weighted by Crippen LogP contribution is -2.51. The molecule has 2 saturated heterocycles. The monoisotopic (exact) mass is 343 g/mol. The van der Waals surface area contributed by atoms with E-state index in [0.29, 0.717) is 17.9 Å². The minimum Gasteiger partial charge on any atom is -0.340 e. The largest absolute Gasteiger partial charge is 0.340 e. The zero-order valence-electron chi connectivity index (χ0n) is 15.9. The maximum absolute atomic E-state index is 12.0. The molecule has 4 nitrogen and oxygen atoms in total. The van der Waals surface area contributed by atoms with Crippen LogP contribution in [0.2, 0.25) is 0 Å². The van der Waals surface area contributed by atoms with Gasteiger partial charge in [-0.1, -0.05) is 30.3 Å². The van der Waals surface area contributed by atoms with E-state index < -0.39 is 0 Å². The van der Waals surface area contributed by atoms with Crippen LogP contribution >= 0.6 is 0 Å². The average Bonchev–Trinajstić information content (AvgIpc) is 2.63. The van der Waals surface area contributed by atoms with E-state index in [4.69, 9.17) is 0 Å². The predicted octanol–water partition coefficient (Wildman–Crippen LogP) is 2.49. The van der Waals surface area contributed by atoms with Crippen LogP contribution in [0.3, 0.4) is 0 Å². The lowest BCUT2D eigenvalue weighted by Gasteiger charge is -2.40. The van der Waals surface area contributed by atoms with Crippen molar-refractivity contribution in [2.75, 3.05) is 45.8 Å². The first-order valence-corrected chi connectivity index (χ1v) is 9.90. The molecule has 1 aromatic carbocycles. The molecule has 138 valence electrons. The first-order chi connectivity index (χ1) is 12.1. The standard InChI is InChI=1S/C21H33N3O/c1-18(2)24-17-20(8-9-21(24)25)16-23-14-12-22(13-15-23)11-10-19-6-4-3-5-7-19/h3-7,18,20H,8-17H2,1-2H3. The molecule has 1 unspecified atom stereocenters. The Labute approximate surface area is 152 Å². The summed E-state index contributed by atoms with van der Waals surface area (Å²) in [6.45, 7) is 12.2. The molecule has 2 heterocycles. The molecule has 0 spiro atoms. The van der Waals surface area contributed by atoms with Gasteiger partial charge in [0.15, 0.2) is 0 Å². The Kier molecular flexibility index (Phi) is 6.49. The third-order valence-electron chi connectivity index (χ3n) is 5.71. The molecular weight excluding hydrogens is 310 g/mol. The maximum atomic E-state index is 12.0. The van der Waals surface area contributed by atoms with Crippen molar-refractivity contribution in [1.29, 1.82) is 0 Å². The van der Waals surface area contributed by atoms with Gasteiger partial charge in [-0.2, -0.15) is 0 Å². The summed E-state index contributed by atoms with van der Waals surface area (Å²) in [5.41, 5.74) is 1.44. The number of benzene rings is 1. The van der Waals surface area contributed by atoms with Gasteiger partial charge in [0, 0.05) is 58.3 Å². The van der Waals surface area contributed by atoms with Gasteiger partial charge in [0.1, 0.15) is 0 Å². The fourth-order valence-corrected chi connectivity index (χ4v) is 4.08. The van der Waals surface area contributed by atoms with Crippen molar-refractivity contribution in [2.45, 2.75) is 39.2 Å². The second-order valence-electron chi connectivity index (χ2n) is 7.92. The molecule has 0 N–H and O–H groups in total. The smallest absolute Gasteiger partial charge is 0.222 e. The normalized spacial score (nSPS) is 23.4. The highest BCUT2D eigenvalue weighted by Gasteiger charge is 2.29. The number of carbonyl (C=O) groups excluding carboxylic acids is 1. The lowest BCUT2D eigenvalue weighted by molar-refractivity contribution is -0.137. The Morgan fingerprint density at radius 3 is 2.40 bits per heavy atom. The average molecular weight is 344 g/mol. The van der Waals surface area contributed by atoms with Crippen molar-refractivity contribution in [3.63, 3.8) is 0 Å². The Morgan fingerprint density at radius 2 is 1.72 bits per heavy atom. The number of rotatable bonds is 6. The molecule has 0 bridgehead atoms. The quantitative estimate of drug-likeness (QED) is 0.794. The number of likely N-dealkylation sites (tertiary alicyclic amines) is 1. The van der Waals surface area contributed by atoms with E-state index in [0.717, 1.165) is 38.9 Å². The number of nitrogens with zero attached hydrogens (tertiary/aromatic N) is 3. The molecule has 3 rings (SSSR count). The second-order valence-corrected chi connectivity index (χ2v) is 7.92. The molecule has 0 saturated carbocycles. The van der Waals surface area contributed by atoms with Gasteiger partial charge in [0.2, 0.25) is 5.91 Å². The number of piperidine rings is 1. The molecule has 25 heavy (non-hydrogen) atoms. The first-order valence-electron chi connectivity index (χ1n) is 9.90. The van der Waals surface area contributed by atoms with Crippen molar-refractivity contribution < 1.29 is 4.79 Å². The highest BCUT2D eigenvalue weighted by Crippen LogP contribution is 2.21. The highest BCUT2D eigenvalue weighted by atomic mass is 16.2. The van der Waals surface area contributed by atoms with E-state index in [1.165, 1.54) is 31.7 Å². The van der Waals surface area contributed by atoms with Gasteiger partial charge >= 0.3 is 0 Å². The van der Waals surface area contributed by atoms with Crippen LogP contribution in [-0.2, 0) is 11.2 Å². The number of amides is 1. The Hall–Kier alpha value is -1.39. The zero-order chi connectivity index (χ0) is 17.6. The molecule has 2 fully saturated rings. The summed E-state index contributed by atoms with van der Waals surface area (Å²) in [4.78, 5) is 19.3. The lowest BCUT2D eigenvalue weighted by atomic mass is 9.95. The van der Waals surface area contributed by atoms with Crippen molar-refractivity contribution in [3.05, 3.63) is 35.9 Å². The maximum Gasteiger partial charge on any atom is 0.222 e. The highest BCUT2D eigenvalue weighted by molar-refractivity contribution is 5.77. The fraction of sp³-hybridized carbons (Fsp3) is 0.667. The number of hydrogen-bond donors (Lipinski definition) is 0. The van der Waals surface area contributed by atoms with Gasteiger partial charge in [0.25, 0.3) is 0 Å². The molecule has 2 aliphatic heterocycles. The number of piperazine rings is 1. The molecule has 0 radical (unpaired) electrons. The van der Waals surface area contributed by atoms with Crippen LogP contribution in [0.4, 0.5) is 0 Å². The molecule has 2 aliphatic rings. The number of hydrogen-bond acceptors (Lipinski definition) is 3. The molecule has 1 amide bonds. The fourth-order valence-electron chi connectivity index (χ4n) is 4.08. The van der Waals surface area contributed by atoms with Gasteiger partial charge in [-0.25, -0.2) is 0 Å². The third-order valence-corrected chi connectivity index (χ3v) is 5.71. The Morgan fingerprint density at radius 1 is 1.04 bits per heavy atom. The van der Waals surface area contributed by atoms with Crippen molar-refractivity contribution in [3.8, 4) is 0 Å². The Bertz CT molecular complexity index is 537. The van der Waals surface area contributed by atoms with Gasteiger partial charge in [-0.3, -0.25) is 4.79 Å². The van der Waals surface area contributed by atoms with Crippen molar-refractivity contribution >= 4 is 5.91 Å². The molecule has 1 aromatic rings.